The normalized spacial score (nSPS) is 12.0. The smallest absolute Gasteiger partial charge is 0.0544 e. The Hall–Kier alpha value is -0.0800. The molecule has 0 aromatic rings. The summed E-state index contributed by atoms with van der Waals surface area (Å²) in [5, 5.41) is 10.1. The maximum atomic E-state index is 10.1. The molecular formula is C22H46O2. The van der Waals surface area contributed by atoms with Crippen LogP contribution in [0.2, 0.25) is 0 Å². The SMILES string of the molecule is CCCCCCCC(CO)(CCCCCCC)COCCCCC. The Morgan fingerprint density at radius 2 is 1.08 bits per heavy atom. The van der Waals surface area contributed by atoms with Crippen LogP contribution in [0.25, 0.3) is 0 Å². The van der Waals surface area contributed by atoms with Crippen LogP contribution in [0.15, 0.2) is 0 Å². The van der Waals surface area contributed by atoms with Crippen molar-refractivity contribution in [1.82, 2.24) is 0 Å². The molecule has 0 fully saturated rings. The summed E-state index contributed by atoms with van der Waals surface area (Å²) in [4.78, 5) is 0. The molecule has 0 aliphatic rings. The van der Waals surface area contributed by atoms with Crippen LogP contribution in [-0.2, 0) is 4.74 Å². The summed E-state index contributed by atoms with van der Waals surface area (Å²) in [5.74, 6) is 0. The molecule has 0 amide bonds. The van der Waals surface area contributed by atoms with Gasteiger partial charge in [-0.1, -0.05) is 97.8 Å². The van der Waals surface area contributed by atoms with E-state index in [1.165, 1.54) is 77.0 Å². The predicted octanol–water partition coefficient (Wildman–Crippen LogP) is 6.89. The van der Waals surface area contributed by atoms with Gasteiger partial charge in [0.1, 0.15) is 0 Å². The molecule has 24 heavy (non-hydrogen) atoms. The monoisotopic (exact) mass is 342 g/mol. The first-order valence-electron chi connectivity index (χ1n) is 10.9. The van der Waals surface area contributed by atoms with E-state index in [2.05, 4.69) is 20.8 Å². The Labute approximate surface area is 152 Å². The van der Waals surface area contributed by atoms with Crippen molar-refractivity contribution in [3.8, 4) is 0 Å². The van der Waals surface area contributed by atoms with E-state index in [4.69, 9.17) is 4.74 Å². The van der Waals surface area contributed by atoms with E-state index in [0.29, 0.717) is 6.61 Å². The summed E-state index contributed by atoms with van der Waals surface area (Å²) in [5.41, 5.74) is 0.0185. The third-order valence-corrected chi connectivity index (χ3v) is 5.26. The van der Waals surface area contributed by atoms with Crippen molar-refractivity contribution in [1.29, 1.82) is 0 Å². The molecule has 0 aliphatic carbocycles. The molecule has 146 valence electrons. The lowest BCUT2D eigenvalue weighted by Gasteiger charge is -2.32. The second kappa shape index (κ2) is 17.7. The molecule has 0 aromatic carbocycles. The Kier molecular flexibility index (Phi) is 17.7. The third-order valence-electron chi connectivity index (χ3n) is 5.26. The zero-order valence-corrected chi connectivity index (χ0v) is 17.1. The topological polar surface area (TPSA) is 29.5 Å². The van der Waals surface area contributed by atoms with Gasteiger partial charge in [0.25, 0.3) is 0 Å². The molecule has 0 bridgehead atoms. The average molecular weight is 343 g/mol. The first-order valence-corrected chi connectivity index (χ1v) is 10.9. The summed E-state index contributed by atoms with van der Waals surface area (Å²) in [6.07, 6.45) is 19.0. The number of ether oxygens (including phenoxy) is 1. The second-order valence-corrected chi connectivity index (χ2v) is 7.75. The molecule has 0 spiro atoms. The Balaban J connectivity index is 4.23. The minimum absolute atomic E-state index is 0.0185. The van der Waals surface area contributed by atoms with Crippen LogP contribution in [-0.4, -0.2) is 24.9 Å². The molecule has 0 atom stereocenters. The van der Waals surface area contributed by atoms with Crippen LogP contribution >= 0.6 is 0 Å². The highest BCUT2D eigenvalue weighted by molar-refractivity contribution is 4.79. The first-order chi connectivity index (χ1) is 11.7. The lowest BCUT2D eigenvalue weighted by atomic mass is 9.79. The van der Waals surface area contributed by atoms with Crippen LogP contribution < -0.4 is 0 Å². The van der Waals surface area contributed by atoms with Crippen molar-refractivity contribution in [3.05, 3.63) is 0 Å². The molecule has 0 rings (SSSR count). The van der Waals surface area contributed by atoms with E-state index < -0.39 is 0 Å². The van der Waals surface area contributed by atoms with Gasteiger partial charge in [-0.15, -0.1) is 0 Å². The van der Waals surface area contributed by atoms with Gasteiger partial charge in [-0.3, -0.25) is 0 Å². The van der Waals surface area contributed by atoms with Gasteiger partial charge in [0.15, 0.2) is 0 Å². The van der Waals surface area contributed by atoms with Gasteiger partial charge in [-0.2, -0.15) is 0 Å². The fourth-order valence-corrected chi connectivity index (χ4v) is 3.42. The van der Waals surface area contributed by atoms with Crippen LogP contribution in [0.3, 0.4) is 0 Å². The molecular weight excluding hydrogens is 296 g/mol. The lowest BCUT2D eigenvalue weighted by molar-refractivity contribution is -0.00861. The summed E-state index contributed by atoms with van der Waals surface area (Å²) in [6, 6.07) is 0. The van der Waals surface area contributed by atoms with Crippen molar-refractivity contribution in [2.75, 3.05) is 19.8 Å². The number of hydrogen-bond donors (Lipinski definition) is 1. The molecule has 0 saturated carbocycles. The molecule has 0 aromatic heterocycles. The minimum atomic E-state index is 0.0185. The fraction of sp³-hybridized carbons (Fsp3) is 1.00. The van der Waals surface area contributed by atoms with Crippen LogP contribution in [0.5, 0.6) is 0 Å². The molecule has 0 aliphatic heterocycles. The van der Waals surface area contributed by atoms with Crippen LogP contribution in [0.4, 0.5) is 0 Å². The highest BCUT2D eigenvalue weighted by Crippen LogP contribution is 2.32. The van der Waals surface area contributed by atoms with Crippen molar-refractivity contribution in [2.24, 2.45) is 5.41 Å². The Morgan fingerprint density at radius 1 is 0.625 bits per heavy atom. The van der Waals surface area contributed by atoms with Gasteiger partial charge in [-0.25, -0.2) is 0 Å². The molecule has 0 radical (unpaired) electrons. The number of aliphatic hydroxyl groups excluding tert-OH is 1. The Bertz CT molecular complexity index is 204. The summed E-state index contributed by atoms with van der Waals surface area (Å²) < 4.78 is 5.99. The van der Waals surface area contributed by atoms with Crippen molar-refractivity contribution >= 4 is 0 Å². The third kappa shape index (κ3) is 13.2. The van der Waals surface area contributed by atoms with E-state index >= 15 is 0 Å². The summed E-state index contributed by atoms with van der Waals surface area (Å²) >= 11 is 0. The van der Waals surface area contributed by atoms with Gasteiger partial charge in [0.05, 0.1) is 13.2 Å². The number of aliphatic hydroxyl groups is 1. The van der Waals surface area contributed by atoms with E-state index in [1.54, 1.807) is 0 Å². The average Bonchev–Trinajstić information content (AvgIpc) is 2.60. The number of rotatable bonds is 19. The van der Waals surface area contributed by atoms with Crippen molar-refractivity contribution < 1.29 is 9.84 Å². The van der Waals surface area contributed by atoms with Crippen molar-refractivity contribution in [3.63, 3.8) is 0 Å². The highest BCUT2D eigenvalue weighted by atomic mass is 16.5. The van der Waals surface area contributed by atoms with Gasteiger partial charge >= 0.3 is 0 Å². The fourth-order valence-electron chi connectivity index (χ4n) is 3.42. The largest absolute Gasteiger partial charge is 0.396 e. The summed E-state index contributed by atoms with van der Waals surface area (Å²) in [6.45, 7) is 8.67. The van der Waals surface area contributed by atoms with Crippen molar-refractivity contribution in [2.45, 2.75) is 117 Å². The summed E-state index contributed by atoms with van der Waals surface area (Å²) in [7, 11) is 0. The van der Waals surface area contributed by atoms with Gasteiger partial charge in [0, 0.05) is 12.0 Å². The second-order valence-electron chi connectivity index (χ2n) is 7.75. The predicted molar refractivity (Wildman–Crippen MR) is 107 cm³/mol. The molecule has 2 heteroatoms. The van der Waals surface area contributed by atoms with Crippen LogP contribution in [0.1, 0.15) is 117 Å². The van der Waals surface area contributed by atoms with Gasteiger partial charge < -0.3 is 9.84 Å². The zero-order chi connectivity index (χ0) is 17.9. The number of unbranched alkanes of at least 4 members (excludes halogenated alkanes) is 10. The molecule has 0 heterocycles. The molecule has 2 nitrogen and oxygen atoms in total. The molecule has 1 N–H and O–H groups in total. The van der Waals surface area contributed by atoms with E-state index in [-0.39, 0.29) is 5.41 Å². The lowest BCUT2D eigenvalue weighted by Crippen LogP contribution is -2.31. The van der Waals surface area contributed by atoms with E-state index in [0.717, 1.165) is 32.5 Å². The molecule has 0 unspecified atom stereocenters. The standard InChI is InChI=1S/C22H46O2/c1-4-7-10-12-14-17-22(20-23,18-15-13-11-8-5-2)21-24-19-16-9-6-3/h23H,4-21H2,1-3H3. The van der Waals surface area contributed by atoms with E-state index in [9.17, 15) is 5.11 Å². The highest BCUT2D eigenvalue weighted by Gasteiger charge is 2.28. The minimum Gasteiger partial charge on any atom is -0.396 e. The number of hydrogen-bond acceptors (Lipinski definition) is 2. The zero-order valence-electron chi connectivity index (χ0n) is 17.1. The maximum absolute atomic E-state index is 10.1. The first kappa shape index (κ1) is 23.9. The van der Waals surface area contributed by atoms with Gasteiger partial charge in [0.2, 0.25) is 0 Å². The molecule has 0 saturated heterocycles. The van der Waals surface area contributed by atoms with E-state index in [1.807, 2.05) is 0 Å². The Morgan fingerprint density at radius 3 is 1.54 bits per heavy atom. The quantitative estimate of drug-likeness (QED) is 0.259. The van der Waals surface area contributed by atoms with Crippen LogP contribution in [0, 0.1) is 5.41 Å². The maximum Gasteiger partial charge on any atom is 0.0544 e. The van der Waals surface area contributed by atoms with Gasteiger partial charge in [-0.05, 0) is 19.3 Å².